The van der Waals surface area contributed by atoms with Crippen LogP contribution in [-0.4, -0.2) is 24.8 Å². The van der Waals surface area contributed by atoms with Gasteiger partial charge in [0.1, 0.15) is 0 Å². The van der Waals surface area contributed by atoms with E-state index in [1.807, 2.05) is 0 Å². The van der Waals surface area contributed by atoms with E-state index in [0.717, 1.165) is 19.4 Å². The molecule has 3 heteroatoms. The van der Waals surface area contributed by atoms with Crippen LogP contribution in [0.3, 0.4) is 0 Å². The number of halogens is 1. The minimum Gasteiger partial charge on any atom is -0.356 e. The normalized spacial score (nSPS) is 36.7. The Kier molecular flexibility index (Phi) is 2.95. The lowest BCUT2D eigenvalue weighted by molar-refractivity contribution is -0.142. The maximum absolute atomic E-state index is 5.27. The van der Waals surface area contributed by atoms with Crippen molar-refractivity contribution in [3.63, 3.8) is 0 Å². The second-order valence-corrected chi connectivity index (χ2v) is 3.47. The number of hydrogen-bond acceptors (Lipinski definition) is 2. The van der Waals surface area contributed by atoms with E-state index in [1.54, 1.807) is 7.11 Å². The van der Waals surface area contributed by atoms with E-state index in [9.17, 15) is 0 Å². The second kappa shape index (κ2) is 3.54. The van der Waals surface area contributed by atoms with Crippen molar-refractivity contribution in [3.05, 3.63) is 0 Å². The molecule has 1 heterocycles. The molecule has 0 saturated carbocycles. The van der Waals surface area contributed by atoms with Crippen LogP contribution in [0.15, 0.2) is 0 Å². The van der Waals surface area contributed by atoms with E-state index >= 15 is 0 Å². The molecule has 0 aromatic carbocycles. The average molecular weight is 195 g/mol. The predicted molar refractivity (Wildman–Crippen MR) is 38.7 cm³/mol. The third-order valence-electron chi connectivity index (χ3n) is 1.44. The second-order valence-electron chi connectivity index (χ2n) is 2.17. The standard InChI is InChI=1S/C6H11BrO2/c1-8-6-3-2-5(7)4-9-6/h5-6H,2-4H2,1H3. The van der Waals surface area contributed by atoms with Gasteiger partial charge >= 0.3 is 0 Å². The Balaban J connectivity index is 2.18. The predicted octanol–water partition coefficient (Wildman–Crippen LogP) is 1.53. The Bertz CT molecular complexity index is 79.1. The minimum absolute atomic E-state index is 0.0406. The quantitative estimate of drug-likeness (QED) is 0.590. The van der Waals surface area contributed by atoms with Crippen molar-refractivity contribution in [2.75, 3.05) is 13.7 Å². The van der Waals surface area contributed by atoms with Gasteiger partial charge in [0.15, 0.2) is 6.29 Å². The lowest BCUT2D eigenvalue weighted by atomic mass is 10.2. The molecule has 2 nitrogen and oxygen atoms in total. The highest BCUT2D eigenvalue weighted by Gasteiger charge is 2.18. The van der Waals surface area contributed by atoms with Gasteiger partial charge in [0.05, 0.1) is 6.61 Å². The number of ether oxygens (including phenoxy) is 2. The third kappa shape index (κ3) is 2.24. The molecule has 9 heavy (non-hydrogen) atoms. The molecule has 2 atom stereocenters. The molecule has 0 spiro atoms. The van der Waals surface area contributed by atoms with Gasteiger partial charge in [0.2, 0.25) is 0 Å². The monoisotopic (exact) mass is 194 g/mol. The summed E-state index contributed by atoms with van der Waals surface area (Å²) in [4.78, 5) is 0.531. The highest BCUT2D eigenvalue weighted by atomic mass is 79.9. The van der Waals surface area contributed by atoms with Gasteiger partial charge in [0, 0.05) is 11.9 Å². The fourth-order valence-corrected chi connectivity index (χ4v) is 1.30. The molecule has 0 bridgehead atoms. The zero-order valence-corrected chi connectivity index (χ0v) is 7.06. The SMILES string of the molecule is COC1CCC(Br)CO1. The van der Waals surface area contributed by atoms with E-state index < -0.39 is 0 Å². The minimum atomic E-state index is 0.0406. The molecule has 0 aromatic rings. The van der Waals surface area contributed by atoms with Crippen molar-refractivity contribution in [1.29, 1.82) is 0 Å². The van der Waals surface area contributed by atoms with E-state index in [0.29, 0.717) is 4.83 Å². The summed E-state index contributed by atoms with van der Waals surface area (Å²) in [6, 6.07) is 0. The van der Waals surface area contributed by atoms with Crippen molar-refractivity contribution in [2.24, 2.45) is 0 Å². The zero-order chi connectivity index (χ0) is 6.69. The van der Waals surface area contributed by atoms with Gasteiger partial charge in [-0.3, -0.25) is 0 Å². The lowest BCUT2D eigenvalue weighted by Gasteiger charge is -2.24. The van der Waals surface area contributed by atoms with Gasteiger partial charge < -0.3 is 9.47 Å². The topological polar surface area (TPSA) is 18.5 Å². The van der Waals surface area contributed by atoms with Gasteiger partial charge in [-0.15, -0.1) is 0 Å². The molecule has 0 radical (unpaired) electrons. The molecule has 54 valence electrons. The summed E-state index contributed by atoms with van der Waals surface area (Å²) < 4.78 is 10.3. The first-order valence-electron chi connectivity index (χ1n) is 3.11. The Morgan fingerprint density at radius 3 is 2.78 bits per heavy atom. The molecule has 1 rings (SSSR count). The van der Waals surface area contributed by atoms with Crippen molar-refractivity contribution in [2.45, 2.75) is 24.0 Å². The van der Waals surface area contributed by atoms with E-state index in [-0.39, 0.29) is 6.29 Å². The molecule has 0 N–H and O–H groups in total. The van der Waals surface area contributed by atoms with Crippen LogP contribution in [0.5, 0.6) is 0 Å². The van der Waals surface area contributed by atoms with Gasteiger partial charge in [-0.25, -0.2) is 0 Å². The first-order chi connectivity index (χ1) is 4.33. The van der Waals surface area contributed by atoms with Crippen LogP contribution in [0.25, 0.3) is 0 Å². The van der Waals surface area contributed by atoms with Gasteiger partial charge in [0.25, 0.3) is 0 Å². The van der Waals surface area contributed by atoms with Gasteiger partial charge in [-0.1, -0.05) is 15.9 Å². The Morgan fingerprint density at radius 1 is 1.56 bits per heavy atom. The van der Waals surface area contributed by atoms with Crippen LogP contribution in [0.1, 0.15) is 12.8 Å². The smallest absolute Gasteiger partial charge is 0.157 e. The molecule has 0 aromatic heterocycles. The van der Waals surface area contributed by atoms with E-state index in [4.69, 9.17) is 9.47 Å². The first-order valence-corrected chi connectivity index (χ1v) is 4.03. The van der Waals surface area contributed by atoms with Gasteiger partial charge in [-0.05, 0) is 12.8 Å². The van der Waals surface area contributed by atoms with Crippen LogP contribution in [0.2, 0.25) is 0 Å². The van der Waals surface area contributed by atoms with Crippen molar-refractivity contribution in [1.82, 2.24) is 0 Å². The lowest BCUT2D eigenvalue weighted by Crippen LogP contribution is -2.26. The number of alkyl halides is 1. The molecule has 2 unspecified atom stereocenters. The first kappa shape index (κ1) is 7.51. The molecule has 1 aliphatic rings. The molecular formula is C6H11BrO2. The molecule has 1 fully saturated rings. The molecule has 0 amide bonds. The molecule has 1 saturated heterocycles. The van der Waals surface area contributed by atoms with E-state index in [1.165, 1.54) is 0 Å². The van der Waals surface area contributed by atoms with Crippen LogP contribution in [0.4, 0.5) is 0 Å². The molecule has 0 aliphatic carbocycles. The van der Waals surface area contributed by atoms with Crippen LogP contribution in [0, 0.1) is 0 Å². The van der Waals surface area contributed by atoms with Crippen LogP contribution < -0.4 is 0 Å². The summed E-state index contributed by atoms with van der Waals surface area (Å²) >= 11 is 3.46. The maximum Gasteiger partial charge on any atom is 0.157 e. The summed E-state index contributed by atoms with van der Waals surface area (Å²) in [5.41, 5.74) is 0. The number of rotatable bonds is 1. The Labute approximate surface area is 63.7 Å². The number of methoxy groups -OCH3 is 1. The van der Waals surface area contributed by atoms with Crippen molar-refractivity contribution in [3.8, 4) is 0 Å². The van der Waals surface area contributed by atoms with E-state index in [2.05, 4.69) is 15.9 Å². The summed E-state index contributed by atoms with van der Waals surface area (Å²) in [6.07, 6.45) is 2.20. The highest BCUT2D eigenvalue weighted by Crippen LogP contribution is 2.18. The number of hydrogen-bond donors (Lipinski definition) is 0. The molecule has 1 aliphatic heterocycles. The summed E-state index contributed by atoms with van der Waals surface area (Å²) in [5.74, 6) is 0. The fraction of sp³-hybridized carbons (Fsp3) is 1.00. The summed E-state index contributed by atoms with van der Waals surface area (Å²) in [5, 5.41) is 0. The zero-order valence-electron chi connectivity index (χ0n) is 5.47. The third-order valence-corrected chi connectivity index (χ3v) is 2.16. The van der Waals surface area contributed by atoms with Crippen LogP contribution in [-0.2, 0) is 9.47 Å². The van der Waals surface area contributed by atoms with Crippen molar-refractivity contribution >= 4 is 15.9 Å². The Hall–Kier alpha value is 0.400. The summed E-state index contributed by atoms with van der Waals surface area (Å²) in [7, 11) is 1.68. The summed E-state index contributed by atoms with van der Waals surface area (Å²) in [6.45, 7) is 0.776. The highest BCUT2D eigenvalue weighted by molar-refractivity contribution is 9.09. The van der Waals surface area contributed by atoms with Crippen molar-refractivity contribution < 1.29 is 9.47 Å². The maximum atomic E-state index is 5.27. The molecular weight excluding hydrogens is 184 g/mol. The average Bonchev–Trinajstić information content (AvgIpc) is 1.90. The van der Waals surface area contributed by atoms with Crippen LogP contribution >= 0.6 is 15.9 Å². The Morgan fingerprint density at radius 2 is 2.33 bits per heavy atom. The van der Waals surface area contributed by atoms with Gasteiger partial charge in [-0.2, -0.15) is 0 Å². The fourth-order valence-electron chi connectivity index (χ4n) is 0.881. The largest absolute Gasteiger partial charge is 0.356 e.